The Bertz CT molecular complexity index is 1000. The Kier molecular flexibility index (Phi) is 6.67. The van der Waals surface area contributed by atoms with Crippen LogP contribution in [-0.4, -0.2) is 42.3 Å². The van der Waals surface area contributed by atoms with Gasteiger partial charge in [-0.2, -0.15) is 0 Å². The maximum Gasteiger partial charge on any atom is 0.407 e. The number of amides is 2. The van der Waals surface area contributed by atoms with Gasteiger partial charge in [-0.05, 0) is 47.9 Å². The highest BCUT2D eigenvalue weighted by atomic mass is 16.5. The van der Waals surface area contributed by atoms with Gasteiger partial charge in [-0.3, -0.25) is 9.59 Å². The van der Waals surface area contributed by atoms with Crippen LogP contribution in [0.5, 0.6) is 0 Å². The van der Waals surface area contributed by atoms with Gasteiger partial charge in [0, 0.05) is 24.9 Å². The van der Waals surface area contributed by atoms with Crippen molar-refractivity contribution in [2.45, 2.75) is 51.0 Å². The summed E-state index contributed by atoms with van der Waals surface area (Å²) in [7, 11) is 0. The van der Waals surface area contributed by atoms with Gasteiger partial charge in [-0.15, -0.1) is 0 Å². The summed E-state index contributed by atoms with van der Waals surface area (Å²) in [5.41, 5.74) is 4.02. The van der Waals surface area contributed by atoms with Crippen molar-refractivity contribution in [1.29, 1.82) is 0 Å². The third-order valence-corrected chi connectivity index (χ3v) is 6.78. The van der Waals surface area contributed by atoms with Crippen LogP contribution in [-0.2, 0) is 14.3 Å². The van der Waals surface area contributed by atoms with Crippen LogP contribution in [0.3, 0.4) is 0 Å². The second-order valence-corrected chi connectivity index (χ2v) is 8.97. The van der Waals surface area contributed by atoms with E-state index in [2.05, 4.69) is 34.9 Å². The number of nitrogens with one attached hydrogen (secondary N) is 2. The number of hydrogen-bond donors (Lipinski definition) is 3. The van der Waals surface area contributed by atoms with E-state index in [1.807, 2.05) is 31.2 Å². The zero-order valence-electron chi connectivity index (χ0n) is 18.8. The summed E-state index contributed by atoms with van der Waals surface area (Å²) in [6, 6.07) is 16.1. The number of ether oxygens (including phenoxy) is 1. The van der Waals surface area contributed by atoms with Crippen molar-refractivity contribution < 1.29 is 24.2 Å². The van der Waals surface area contributed by atoms with Crippen LogP contribution >= 0.6 is 0 Å². The van der Waals surface area contributed by atoms with Crippen molar-refractivity contribution in [1.82, 2.24) is 10.6 Å². The zero-order valence-corrected chi connectivity index (χ0v) is 18.8. The Balaban J connectivity index is 1.29. The lowest BCUT2D eigenvalue weighted by atomic mass is 9.98. The van der Waals surface area contributed by atoms with Crippen molar-refractivity contribution >= 4 is 18.0 Å². The van der Waals surface area contributed by atoms with Crippen LogP contribution < -0.4 is 10.6 Å². The Morgan fingerprint density at radius 1 is 1.06 bits per heavy atom. The number of carboxylic acids is 1. The standard InChI is InChI=1S/C26H30N2O5/c1-2-17(11-12-23(29)30)28-24(31)26(13-14-26)16-27-25(32)33-15-22-20-9-5-3-7-18(20)19-8-4-6-10-21(19)22/h3-10,17,22H,2,11-16H2,1H3,(H,27,32)(H,28,31)(H,29,30). The molecular formula is C26H30N2O5. The molecule has 2 aromatic carbocycles. The Hall–Kier alpha value is -3.35. The predicted octanol–water partition coefficient (Wildman–Crippen LogP) is 4.06. The third-order valence-electron chi connectivity index (χ3n) is 6.78. The van der Waals surface area contributed by atoms with Gasteiger partial charge in [-0.25, -0.2) is 4.79 Å². The summed E-state index contributed by atoms with van der Waals surface area (Å²) >= 11 is 0. The number of hydrogen-bond acceptors (Lipinski definition) is 4. The van der Waals surface area contributed by atoms with Gasteiger partial charge in [0.1, 0.15) is 6.61 Å². The molecule has 1 atom stereocenters. The first-order valence-corrected chi connectivity index (χ1v) is 11.5. The van der Waals surface area contributed by atoms with Crippen LogP contribution in [0.25, 0.3) is 11.1 Å². The number of rotatable bonds is 10. The lowest BCUT2D eigenvalue weighted by Crippen LogP contribution is -2.44. The molecule has 1 unspecified atom stereocenters. The smallest absolute Gasteiger partial charge is 0.407 e. The summed E-state index contributed by atoms with van der Waals surface area (Å²) in [6.45, 7) is 2.36. The summed E-state index contributed by atoms with van der Waals surface area (Å²) in [4.78, 5) is 36.0. The van der Waals surface area contributed by atoms with Gasteiger partial charge in [0.15, 0.2) is 0 Å². The molecule has 7 nitrogen and oxygen atoms in total. The molecule has 0 radical (unpaired) electrons. The van der Waals surface area contributed by atoms with Gasteiger partial charge < -0.3 is 20.5 Å². The number of carboxylic acid groups (broad SMARTS) is 1. The zero-order chi connectivity index (χ0) is 23.4. The van der Waals surface area contributed by atoms with Crippen molar-refractivity contribution in [2.75, 3.05) is 13.2 Å². The normalized spacial score (nSPS) is 16.3. The molecule has 0 spiro atoms. The molecule has 0 heterocycles. The number of carbonyl (C=O) groups excluding carboxylic acids is 2. The van der Waals surface area contributed by atoms with Gasteiger partial charge in [0.05, 0.1) is 5.41 Å². The molecule has 2 aliphatic rings. The highest BCUT2D eigenvalue weighted by Gasteiger charge is 2.50. The minimum absolute atomic E-state index is 0.0131. The van der Waals surface area contributed by atoms with Crippen molar-refractivity contribution in [3.63, 3.8) is 0 Å². The first-order chi connectivity index (χ1) is 15.9. The van der Waals surface area contributed by atoms with Gasteiger partial charge in [0.2, 0.25) is 5.91 Å². The summed E-state index contributed by atoms with van der Waals surface area (Å²) in [5.74, 6) is -1.01. The van der Waals surface area contributed by atoms with E-state index in [-0.39, 0.29) is 37.4 Å². The largest absolute Gasteiger partial charge is 0.481 e. The summed E-state index contributed by atoms with van der Waals surface area (Å²) in [6.07, 6.45) is 1.93. The van der Waals surface area contributed by atoms with Crippen LogP contribution in [0.15, 0.2) is 48.5 Å². The Morgan fingerprint density at radius 3 is 2.21 bits per heavy atom. The maximum absolute atomic E-state index is 12.7. The molecule has 1 fully saturated rings. The molecule has 3 N–H and O–H groups in total. The molecule has 0 aliphatic heterocycles. The monoisotopic (exact) mass is 450 g/mol. The van der Waals surface area contributed by atoms with E-state index in [0.29, 0.717) is 25.7 Å². The maximum atomic E-state index is 12.7. The second kappa shape index (κ2) is 9.65. The first kappa shape index (κ1) is 22.8. The number of carbonyl (C=O) groups is 3. The minimum atomic E-state index is -0.874. The molecule has 0 aromatic heterocycles. The highest BCUT2D eigenvalue weighted by molar-refractivity contribution is 5.86. The number of fused-ring (bicyclic) bond motifs is 3. The van der Waals surface area contributed by atoms with E-state index in [1.54, 1.807) is 0 Å². The third kappa shape index (κ3) is 5.02. The quantitative estimate of drug-likeness (QED) is 0.506. The minimum Gasteiger partial charge on any atom is -0.481 e. The van der Waals surface area contributed by atoms with Crippen LogP contribution in [0.1, 0.15) is 56.1 Å². The average molecular weight is 451 g/mol. The summed E-state index contributed by atoms with van der Waals surface area (Å²) in [5, 5.41) is 14.6. The lowest BCUT2D eigenvalue weighted by Gasteiger charge is -2.21. The lowest BCUT2D eigenvalue weighted by molar-refractivity contribution is -0.137. The molecule has 174 valence electrons. The molecule has 2 aliphatic carbocycles. The SMILES string of the molecule is CCC(CCC(=O)O)NC(=O)C1(CNC(=O)OCC2c3ccccc3-c3ccccc32)CC1. The molecule has 7 heteroatoms. The van der Waals surface area contributed by atoms with Crippen molar-refractivity contribution in [3.05, 3.63) is 59.7 Å². The van der Waals surface area contributed by atoms with E-state index >= 15 is 0 Å². The molecule has 2 amide bonds. The molecular weight excluding hydrogens is 420 g/mol. The van der Waals surface area contributed by atoms with E-state index in [9.17, 15) is 14.4 Å². The van der Waals surface area contributed by atoms with Crippen LogP contribution in [0.2, 0.25) is 0 Å². The summed E-state index contributed by atoms with van der Waals surface area (Å²) < 4.78 is 5.56. The van der Waals surface area contributed by atoms with E-state index in [4.69, 9.17) is 9.84 Å². The van der Waals surface area contributed by atoms with E-state index < -0.39 is 17.5 Å². The predicted molar refractivity (Wildman–Crippen MR) is 124 cm³/mol. The molecule has 2 aromatic rings. The van der Waals surface area contributed by atoms with Crippen LogP contribution in [0, 0.1) is 5.41 Å². The van der Waals surface area contributed by atoms with Crippen molar-refractivity contribution in [3.8, 4) is 11.1 Å². The first-order valence-electron chi connectivity index (χ1n) is 11.5. The Morgan fingerprint density at radius 2 is 1.67 bits per heavy atom. The fourth-order valence-electron chi connectivity index (χ4n) is 4.54. The number of aliphatic carboxylic acids is 1. The number of alkyl carbamates (subject to hydrolysis) is 1. The molecule has 0 saturated heterocycles. The van der Waals surface area contributed by atoms with Crippen LogP contribution in [0.4, 0.5) is 4.79 Å². The average Bonchev–Trinajstić information content (AvgIpc) is 3.56. The van der Waals surface area contributed by atoms with Gasteiger partial charge >= 0.3 is 12.1 Å². The highest BCUT2D eigenvalue weighted by Crippen LogP contribution is 2.46. The topological polar surface area (TPSA) is 105 Å². The second-order valence-electron chi connectivity index (χ2n) is 8.97. The molecule has 4 rings (SSSR count). The fraction of sp³-hybridized carbons (Fsp3) is 0.423. The van der Waals surface area contributed by atoms with E-state index in [0.717, 1.165) is 11.1 Å². The Labute approximate surface area is 193 Å². The number of benzene rings is 2. The van der Waals surface area contributed by atoms with Gasteiger partial charge in [-0.1, -0.05) is 55.5 Å². The fourth-order valence-corrected chi connectivity index (χ4v) is 4.54. The van der Waals surface area contributed by atoms with Crippen molar-refractivity contribution in [2.24, 2.45) is 5.41 Å². The molecule has 0 bridgehead atoms. The van der Waals surface area contributed by atoms with E-state index in [1.165, 1.54) is 11.1 Å². The molecule has 1 saturated carbocycles. The van der Waals surface area contributed by atoms with Gasteiger partial charge in [0.25, 0.3) is 0 Å². The molecule has 33 heavy (non-hydrogen) atoms.